The van der Waals surface area contributed by atoms with Gasteiger partial charge in [0.2, 0.25) is 0 Å². The van der Waals surface area contributed by atoms with Gasteiger partial charge in [-0.25, -0.2) is 4.68 Å². The van der Waals surface area contributed by atoms with Crippen LogP contribution in [0.15, 0.2) is 36.4 Å². The van der Waals surface area contributed by atoms with Crippen LogP contribution in [0, 0.1) is 0 Å². The van der Waals surface area contributed by atoms with Gasteiger partial charge in [0.05, 0.1) is 6.04 Å². The molecule has 5 nitrogen and oxygen atoms in total. The number of halogens is 3. The van der Waals surface area contributed by atoms with Crippen LogP contribution in [0.2, 0.25) is 0 Å². The zero-order valence-corrected chi connectivity index (χ0v) is 11.3. The van der Waals surface area contributed by atoms with Crippen LogP contribution in [0.1, 0.15) is 34.6 Å². The topological polar surface area (TPSA) is 72.9 Å². The monoisotopic (exact) mass is 310 g/mol. The number of hydrogen-bond donors (Lipinski definition) is 2. The quantitative estimate of drug-likeness (QED) is 0.895. The number of nitrogens with one attached hydrogen (secondary N) is 1. The molecule has 0 unspecified atom stereocenters. The normalized spacial score (nSPS) is 21.0. The van der Waals surface area contributed by atoms with Crippen molar-refractivity contribution in [3.8, 4) is 0 Å². The third-order valence-electron chi connectivity index (χ3n) is 3.64. The molecule has 1 aliphatic heterocycles. The van der Waals surface area contributed by atoms with Crippen LogP contribution in [0.4, 0.5) is 19.0 Å². The molecule has 0 bridgehead atoms. The predicted octanol–water partition coefficient (Wildman–Crippen LogP) is 2.64. The van der Waals surface area contributed by atoms with Crippen LogP contribution in [0.5, 0.6) is 0 Å². The summed E-state index contributed by atoms with van der Waals surface area (Å²) in [5.74, 6) is -0.725. The molecule has 1 aromatic carbocycles. The van der Waals surface area contributed by atoms with Crippen molar-refractivity contribution in [1.29, 1.82) is 0 Å². The van der Waals surface area contributed by atoms with Crippen molar-refractivity contribution in [3.05, 3.63) is 47.7 Å². The summed E-state index contributed by atoms with van der Waals surface area (Å²) < 4.78 is 40.7. The number of benzene rings is 1. The molecule has 0 radical (unpaired) electrons. The number of anilines is 1. The van der Waals surface area contributed by atoms with Gasteiger partial charge in [-0.3, -0.25) is 4.79 Å². The average molecular weight is 310 g/mol. The minimum absolute atomic E-state index is 0.135. The van der Waals surface area contributed by atoms with Crippen molar-refractivity contribution in [1.82, 2.24) is 9.78 Å². The van der Waals surface area contributed by atoms with Crippen LogP contribution in [-0.4, -0.2) is 21.9 Å². The second-order valence-electron chi connectivity index (χ2n) is 5.12. The highest BCUT2D eigenvalue weighted by molar-refractivity contribution is 5.91. The predicted molar refractivity (Wildman–Crippen MR) is 73.3 cm³/mol. The van der Waals surface area contributed by atoms with Gasteiger partial charge in [-0.05, 0) is 5.56 Å². The number of nitrogens with zero attached hydrogens (tertiary/aromatic N) is 2. The smallest absolute Gasteiger partial charge is 0.364 e. The van der Waals surface area contributed by atoms with Crippen molar-refractivity contribution in [2.45, 2.75) is 24.7 Å². The van der Waals surface area contributed by atoms with Crippen LogP contribution in [0.25, 0.3) is 0 Å². The first-order chi connectivity index (χ1) is 10.4. The first kappa shape index (κ1) is 14.4. The largest absolute Gasteiger partial charge is 0.410 e. The lowest BCUT2D eigenvalue weighted by Gasteiger charge is -2.33. The van der Waals surface area contributed by atoms with Crippen molar-refractivity contribution in [2.24, 2.45) is 5.73 Å². The number of fused-ring (bicyclic) bond motifs is 1. The van der Waals surface area contributed by atoms with E-state index >= 15 is 0 Å². The van der Waals surface area contributed by atoms with Crippen molar-refractivity contribution in [2.75, 3.05) is 5.32 Å². The number of hydrogen-bond acceptors (Lipinski definition) is 3. The summed E-state index contributed by atoms with van der Waals surface area (Å²) in [6.07, 6.45) is -4.68. The molecule has 3 rings (SSSR count). The fourth-order valence-corrected chi connectivity index (χ4v) is 2.60. The standard InChI is InChI=1S/C14H13F3N4O/c15-14(16,17)11-6-9(8-4-2-1-3-5-8)19-12-7-10(13(18)22)20-21(11)12/h1-5,7,9,11,19H,6H2,(H2,18,22)/t9-,11+/m1/s1. The fourth-order valence-electron chi connectivity index (χ4n) is 2.60. The molecule has 0 aliphatic carbocycles. The lowest BCUT2D eigenvalue weighted by molar-refractivity contribution is -0.173. The summed E-state index contributed by atoms with van der Waals surface area (Å²) in [5, 5.41) is 6.67. The van der Waals surface area contributed by atoms with Crippen molar-refractivity contribution >= 4 is 11.7 Å². The zero-order chi connectivity index (χ0) is 15.9. The summed E-state index contributed by atoms with van der Waals surface area (Å²) in [4.78, 5) is 11.2. The fraction of sp³-hybridized carbons (Fsp3) is 0.286. The minimum Gasteiger partial charge on any atom is -0.364 e. The van der Waals surface area contributed by atoms with E-state index in [4.69, 9.17) is 5.73 Å². The molecular weight excluding hydrogens is 297 g/mol. The Hall–Kier alpha value is -2.51. The number of nitrogens with two attached hydrogens (primary N) is 1. The maximum Gasteiger partial charge on any atom is 0.410 e. The van der Waals surface area contributed by atoms with E-state index in [9.17, 15) is 18.0 Å². The molecule has 2 aromatic rings. The Morgan fingerprint density at radius 1 is 1.32 bits per heavy atom. The molecule has 0 spiro atoms. The summed E-state index contributed by atoms with van der Waals surface area (Å²) in [6, 6.07) is 7.76. The van der Waals surface area contributed by atoms with Crippen LogP contribution >= 0.6 is 0 Å². The molecule has 3 N–H and O–H groups in total. The number of primary amides is 1. The molecule has 2 heterocycles. The first-order valence-corrected chi connectivity index (χ1v) is 6.64. The van der Waals surface area contributed by atoms with Gasteiger partial charge in [0, 0.05) is 12.5 Å². The Morgan fingerprint density at radius 2 is 2.00 bits per heavy atom. The lowest BCUT2D eigenvalue weighted by atomic mass is 9.97. The highest BCUT2D eigenvalue weighted by Gasteiger charge is 2.46. The summed E-state index contributed by atoms with van der Waals surface area (Å²) in [7, 11) is 0. The van der Waals surface area contributed by atoms with E-state index in [1.165, 1.54) is 6.07 Å². The zero-order valence-electron chi connectivity index (χ0n) is 11.3. The maximum atomic E-state index is 13.3. The van der Waals surface area contributed by atoms with Crippen LogP contribution in [-0.2, 0) is 0 Å². The van der Waals surface area contributed by atoms with E-state index in [1.807, 2.05) is 0 Å². The van der Waals surface area contributed by atoms with Crippen molar-refractivity contribution in [3.63, 3.8) is 0 Å². The number of alkyl halides is 3. The van der Waals surface area contributed by atoms with E-state index in [0.717, 1.165) is 10.2 Å². The van der Waals surface area contributed by atoms with E-state index in [1.54, 1.807) is 30.3 Å². The highest BCUT2D eigenvalue weighted by atomic mass is 19.4. The number of rotatable bonds is 2. The molecule has 1 amide bonds. The third kappa shape index (κ3) is 2.51. The van der Waals surface area contributed by atoms with Gasteiger partial charge >= 0.3 is 6.18 Å². The third-order valence-corrected chi connectivity index (χ3v) is 3.64. The summed E-state index contributed by atoms with van der Waals surface area (Å²) >= 11 is 0. The molecule has 0 saturated heterocycles. The molecule has 1 aliphatic rings. The molecule has 116 valence electrons. The van der Waals surface area contributed by atoms with E-state index < -0.39 is 24.2 Å². The Labute approximate surface area is 123 Å². The van der Waals surface area contributed by atoms with Gasteiger partial charge in [-0.15, -0.1) is 0 Å². The number of amides is 1. The highest BCUT2D eigenvalue weighted by Crippen LogP contribution is 2.43. The van der Waals surface area contributed by atoms with Gasteiger partial charge in [0.25, 0.3) is 5.91 Å². The Morgan fingerprint density at radius 3 is 2.59 bits per heavy atom. The molecule has 8 heteroatoms. The average Bonchev–Trinajstić information content (AvgIpc) is 2.90. The van der Waals surface area contributed by atoms with E-state index in [0.29, 0.717) is 0 Å². The molecule has 2 atom stereocenters. The second-order valence-corrected chi connectivity index (χ2v) is 5.12. The molecule has 0 fully saturated rings. The van der Waals surface area contributed by atoms with Crippen LogP contribution < -0.4 is 11.1 Å². The van der Waals surface area contributed by atoms with Gasteiger partial charge in [-0.1, -0.05) is 30.3 Å². The van der Waals surface area contributed by atoms with Gasteiger partial charge in [0.15, 0.2) is 11.7 Å². The van der Waals surface area contributed by atoms with Crippen LogP contribution in [0.3, 0.4) is 0 Å². The molecule has 22 heavy (non-hydrogen) atoms. The summed E-state index contributed by atoms with van der Waals surface area (Å²) in [5.41, 5.74) is 5.65. The number of carbonyl (C=O) groups excluding carboxylic acids is 1. The number of aromatic nitrogens is 2. The SMILES string of the molecule is NC(=O)c1cc2n(n1)[C@H](C(F)(F)F)C[C@H](c1ccccc1)N2. The maximum absolute atomic E-state index is 13.3. The minimum atomic E-state index is -4.47. The first-order valence-electron chi connectivity index (χ1n) is 6.64. The Balaban J connectivity index is 2.03. The van der Waals surface area contributed by atoms with Gasteiger partial charge < -0.3 is 11.1 Å². The lowest BCUT2D eigenvalue weighted by Crippen LogP contribution is -2.35. The number of carbonyl (C=O) groups is 1. The second kappa shape index (κ2) is 5.04. The molecular formula is C14H13F3N4O. The Bertz CT molecular complexity index is 696. The van der Waals surface area contributed by atoms with Gasteiger partial charge in [-0.2, -0.15) is 18.3 Å². The molecule has 1 aromatic heterocycles. The van der Waals surface area contributed by atoms with Crippen molar-refractivity contribution < 1.29 is 18.0 Å². The molecule has 0 saturated carbocycles. The Kier molecular flexibility index (Phi) is 3.31. The van der Waals surface area contributed by atoms with E-state index in [2.05, 4.69) is 10.4 Å². The van der Waals surface area contributed by atoms with Gasteiger partial charge in [0.1, 0.15) is 5.82 Å². The van der Waals surface area contributed by atoms with E-state index in [-0.39, 0.29) is 17.9 Å². The summed E-state index contributed by atoms with van der Waals surface area (Å²) in [6.45, 7) is 0.